The number of benzene rings is 1. The average molecular weight is 322 g/mol. The van der Waals surface area contributed by atoms with E-state index in [-0.39, 0.29) is 0 Å². The highest BCUT2D eigenvalue weighted by Gasteiger charge is 2.26. The van der Waals surface area contributed by atoms with Gasteiger partial charge in [-0.25, -0.2) is 4.79 Å². The van der Waals surface area contributed by atoms with E-state index < -0.39 is 18.2 Å². The van der Waals surface area contributed by atoms with E-state index in [1.54, 1.807) is 18.2 Å². The van der Waals surface area contributed by atoms with Crippen molar-refractivity contribution in [1.82, 2.24) is 0 Å². The molecule has 1 rings (SSSR count). The highest BCUT2D eigenvalue weighted by molar-refractivity contribution is 14.1. The van der Waals surface area contributed by atoms with Crippen LogP contribution in [0.2, 0.25) is 0 Å². The van der Waals surface area contributed by atoms with E-state index in [9.17, 15) is 15.0 Å². The number of hydrogen-bond donors (Lipinski definition) is 2. The van der Waals surface area contributed by atoms with Crippen LogP contribution in [-0.2, 0) is 9.53 Å². The van der Waals surface area contributed by atoms with Crippen molar-refractivity contribution >= 4 is 28.6 Å². The molecular weight excluding hydrogens is 311 g/mol. The molecular formula is C10H11IO4. The van der Waals surface area contributed by atoms with Crippen LogP contribution in [0.15, 0.2) is 24.3 Å². The Labute approximate surface area is 101 Å². The number of rotatable bonds is 3. The molecule has 2 N–H and O–H groups in total. The molecule has 4 nitrogen and oxygen atoms in total. The minimum atomic E-state index is -1.55. The molecule has 0 aliphatic rings. The average Bonchev–Trinajstić information content (AvgIpc) is 2.26. The van der Waals surface area contributed by atoms with Gasteiger partial charge in [0.25, 0.3) is 0 Å². The van der Waals surface area contributed by atoms with Crippen LogP contribution in [0.3, 0.4) is 0 Å². The lowest BCUT2D eigenvalue weighted by Crippen LogP contribution is -2.29. The maximum atomic E-state index is 11.0. The molecule has 15 heavy (non-hydrogen) atoms. The number of esters is 1. The van der Waals surface area contributed by atoms with Gasteiger partial charge in [0.2, 0.25) is 0 Å². The zero-order chi connectivity index (χ0) is 11.4. The second-order valence-electron chi connectivity index (χ2n) is 2.97. The summed E-state index contributed by atoms with van der Waals surface area (Å²) < 4.78 is 5.25. The molecule has 82 valence electrons. The molecule has 0 aliphatic heterocycles. The predicted molar refractivity (Wildman–Crippen MR) is 62.1 cm³/mol. The van der Waals surface area contributed by atoms with E-state index in [4.69, 9.17) is 0 Å². The van der Waals surface area contributed by atoms with Crippen molar-refractivity contribution in [2.45, 2.75) is 12.2 Å². The largest absolute Gasteiger partial charge is 0.467 e. The summed E-state index contributed by atoms with van der Waals surface area (Å²) >= 11 is 2.08. The zero-order valence-electron chi connectivity index (χ0n) is 8.05. The molecule has 0 saturated heterocycles. The fourth-order valence-corrected chi connectivity index (χ4v) is 1.69. The van der Waals surface area contributed by atoms with Crippen LogP contribution in [0.25, 0.3) is 0 Å². The number of carbonyl (C=O) groups excluding carboxylic acids is 1. The van der Waals surface area contributed by atoms with Gasteiger partial charge in [0, 0.05) is 3.57 Å². The molecule has 0 aromatic heterocycles. The highest BCUT2D eigenvalue weighted by atomic mass is 127. The van der Waals surface area contributed by atoms with Crippen molar-refractivity contribution in [3.05, 3.63) is 33.4 Å². The van der Waals surface area contributed by atoms with Gasteiger partial charge in [0.05, 0.1) is 7.11 Å². The van der Waals surface area contributed by atoms with E-state index >= 15 is 0 Å². The Morgan fingerprint density at radius 1 is 1.47 bits per heavy atom. The van der Waals surface area contributed by atoms with Crippen molar-refractivity contribution in [3.8, 4) is 0 Å². The minimum Gasteiger partial charge on any atom is -0.467 e. The molecule has 2 unspecified atom stereocenters. The predicted octanol–water partition coefficient (Wildman–Crippen LogP) is 0.859. The third-order valence-corrected chi connectivity index (χ3v) is 2.60. The first-order valence-electron chi connectivity index (χ1n) is 4.25. The summed E-state index contributed by atoms with van der Waals surface area (Å²) in [6.07, 6.45) is -2.81. The quantitative estimate of drug-likeness (QED) is 0.640. The lowest BCUT2D eigenvalue weighted by molar-refractivity contribution is -0.156. The van der Waals surface area contributed by atoms with E-state index in [0.29, 0.717) is 5.56 Å². The van der Waals surface area contributed by atoms with Gasteiger partial charge in [-0.15, -0.1) is 0 Å². The molecule has 0 spiro atoms. The molecule has 0 fully saturated rings. The van der Waals surface area contributed by atoms with Gasteiger partial charge >= 0.3 is 5.97 Å². The van der Waals surface area contributed by atoms with Crippen molar-refractivity contribution < 1.29 is 19.7 Å². The van der Waals surface area contributed by atoms with Gasteiger partial charge in [-0.3, -0.25) is 0 Å². The van der Waals surface area contributed by atoms with Gasteiger partial charge in [0.1, 0.15) is 6.10 Å². The van der Waals surface area contributed by atoms with Crippen molar-refractivity contribution in [2.75, 3.05) is 7.11 Å². The maximum Gasteiger partial charge on any atom is 0.337 e. The van der Waals surface area contributed by atoms with Crippen LogP contribution in [-0.4, -0.2) is 29.4 Å². The van der Waals surface area contributed by atoms with Crippen LogP contribution in [0.1, 0.15) is 11.7 Å². The fourth-order valence-electron chi connectivity index (χ4n) is 1.12. The lowest BCUT2D eigenvalue weighted by atomic mass is 10.0. The molecule has 1 aromatic carbocycles. The van der Waals surface area contributed by atoms with Crippen LogP contribution in [0.5, 0.6) is 0 Å². The highest BCUT2D eigenvalue weighted by Crippen LogP contribution is 2.19. The Kier molecular flexibility index (Phi) is 4.49. The molecule has 5 heteroatoms. The first kappa shape index (κ1) is 12.4. The summed E-state index contributed by atoms with van der Waals surface area (Å²) in [5, 5.41) is 19.1. The van der Waals surface area contributed by atoms with E-state index in [0.717, 1.165) is 10.7 Å². The number of carbonyl (C=O) groups is 1. The van der Waals surface area contributed by atoms with E-state index in [1.165, 1.54) is 0 Å². The first-order valence-corrected chi connectivity index (χ1v) is 5.33. The van der Waals surface area contributed by atoms with Crippen LogP contribution in [0.4, 0.5) is 0 Å². The smallest absolute Gasteiger partial charge is 0.337 e. The SMILES string of the molecule is COC(=O)C(O)C(O)c1cccc(I)c1. The van der Waals surface area contributed by atoms with Crippen LogP contribution < -0.4 is 0 Å². The Hall–Kier alpha value is -0.660. The Morgan fingerprint density at radius 2 is 2.13 bits per heavy atom. The van der Waals surface area contributed by atoms with E-state index in [1.807, 2.05) is 6.07 Å². The zero-order valence-corrected chi connectivity index (χ0v) is 10.2. The molecule has 0 amide bonds. The number of aliphatic hydroxyl groups is 2. The second kappa shape index (κ2) is 5.43. The maximum absolute atomic E-state index is 11.0. The molecule has 0 saturated carbocycles. The van der Waals surface area contributed by atoms with Crippen molar-refractivity contribution in [1.29, 1.82) is 0 Å². The Balaban J connectivity index is 2.84. The lowest BCUT2D eigenvalue weighted by Gasteiger charge is -2.15. The molecule has 0 bridgehead atoms. The summed E-state index contributed by atoms with van der Waals surface area (Å²) in [6.45, 7) is 0. The number of methoxy groups -OCH3 is 1. The normalized spacial score (nSPS) is 14.4. The summed E-state index contributed by atoms with van der Waals surface area (Å²) in [6, 6.07) is 6.92. The number of hydrogen-bond acceptors (Lipinski definition) is 4. The molecule has 0 radical (unpaired) electrons. The summed E-state index contributed by atoms with van der Waals surface area (Å²) in [5.74, 6) is -0.846. The van der Waals surface area contributed by atoms with Gasteiger partial charge < -0.3 is 14.9 Å². The Bertz CT molecular complexity index is 353. The number of aliphatic hydroxyl groups excluding tert-OH is 2. The molecule has 1 aromatic rings. The fraction of sp³-hybridized carbons (Fsp3) is 0.300. The molecule has 2 atom stereocenters. The first-order chi connectivity index (χ1) is 7.06. The molecule has 0 aliphatic carbocycles. The molecule has 0 heterocycles. The number of halogens is 1. The van der Waals surface area contributed by atoms with Crippen LogP contribution >= 0.6 is 22.6 Å². The minimum absolute atomic E-state index is 0.486. The standard InChI is InChI=1S/C10H11IO4/c1-15-10(14)9(13)8(12)6-3-2-4-7(11)5-6/h2-5,8-9,12-13H,1H3. The van der Waals surface area contributed by atoms with Gasteiger partial charge in [-0.05, 0) is 40.3 Å². The third-order valence-electron chi connectivity index (χ3n) is 1.93. The van der Waals surface area contributed by atoms with Crippen molar-refractivity contribution in [2.24, 2.45) is 0 Å². The van der Waals surface area contributed by atoms with Gasteiger partial charge in [-0.2, -0.15) is 0 Å². The van der Waals surface area contributed by atoms with Gasteiger partial charge in [-0.1, -0.05) is 12.1 Å². The summed E-state index contributed by atoms with van der Waals surface area (Å²) in [4.78, 5) is 11.0. The number of ether oxygens (including phenoxy) is 1. The van der Waals surface area contributed by atoms with Gasteiger partial charge in [0.15, 0.2) is 6.10 Å². The summed E-state index contributed by atoms with van der Waals surface area (Å²) in [7, 11) is 1.16. The third kappa shape index (κ3) is 3.15. The summed E-state index contributed by atoms with van der Waals surface area (Å²) in [5.41, 5.74) is 0.486. The Morgan fingerprint density at radius 3 is 2.67 bits per heavy atom. The monoisotopic (exact) mass is 322 g/mol. The van der Waals surface area contributed by atoms with Crippen LogP contribution in [0, 0.1) is 3.57 Å². The van der Waals surface area contributed by atoms with E-state index in [2.05, 4.69) is 27.3 Å². The van der Waals surface area contributed by atoms with Crippen molar-refractivity contribution in [3.63, 3.8) is 0 Å². The second-order valence-corrected chi connectivity index (χ2v) is 4.21. The topological polar surface area (TPSA) is 66.8 Å².